The van der Waals surface area contributed by atoms with Crippen molar-refractivity contribution in [3.05, 3.63) is 23.8 Å². The predicted octanol–water partition coefficient (Wildman–Crippen LogP) is 1.92. The van der Waals surface area contributed by atoms with Crippen LogP contribution in [0.15, 0.2) is 18.2 Å². The highest BCUT2D eigenvalue weighted by atomic mass is 16.5. The third-order valence-corrected chi connectivity index (χ3v) is 1.83. The van der Waals surface area contributed by atoms with Crippen molar-refractivity contribution >= 4 is 6.29 Å². The topological polar surface area (TPSA) is 46.5 Å². The monoisotopic (exact) mass is 194 g/mol. The van der Waals surface area contributed by atoms with Crippen molar-refractivity contribution in [1.82, 2.24) is 0 Å². The van der Waals surface area contributed by atoms with Gasteiger partial charge < -0.3 is 14.6 Å². The molecule has 3 nitrogen and oxygen atoms in total. The molecule has 1 aromatic rings. The molecule has 0 aromatic heterocycles. The lowest BCUT2D eigenvalue weighted by Crippen LogP contribution is -1.96. The molecule has 0 aliphatic heterocycles. The Balaban J connectivity index is 2.77. The van der Waals surface area contributed by atoms with Crippen LogP contribution < -0.4 is 4.74 Å². The van der Waals surface area contributed by atoms with E-state index in [0.717, 1.165) is 12.7 Å². The average Bonchev–Trinajstić information content (AvgIpc) is 2.19. The van der Waals surface area contributed by atoms with Crippen LogP contribution in [0.3, 0.4) is 0 Å². The number of ether oxygens (including phenoxy) is 1. The summed E-state index contributed by atoms with van der Waals surface area (Å²) in [5.74, 6) is 0.836. The first kappa shape index (κ1) is 10.6. The fourth-order valence-corrected chi connectivity index (χ4v) is 1.12. The first-order chi connectivity index (χ1) is 6.77. The van der Waals surface area contributed by atoms with Crippen molar-refractivity contribution in [2.24, 2.45) is 0 Å². The van der Waals surface area contributed by atoms with Crippen molar-refractivity contribution in [3.8, 4) is 11.5 Å². The maximum absolute atomic E-state index is 10.3. The minimum absolute atomic E-state index is 0.140. The van der Waals surface area contributed by atoms with E-state index in [1.807, 2.05) is 6.92 Å². The molecule has 0 fully saturated rings. The van der Waals surface area contributed by atoms with Crippen molar-refractivity contribution < 1.29 is 14.6 Å². The van der Waals surface area contributed by atoms with E-state index < -0.39 is 0 Å². The SMILES string of the molecule is CCCOc1ccc(O)c(CC=O)c1. The third-order valence-electron chi connectivity index (χ3n) is 1.83. The predicted molar refractivity (Wildman–Crippen MR) is 53.7 cm³/mol. The second kappa shape index (κ2) is 5.27. The fourth-order valence-electron chi connectivity index (χ4n) is 1.12. The molecule has 14 heavy (non-hydrogen) atoms. The van der Waals surface area contributed by atoms with Gasteiger partial charge in [0.05, 0.1) is 6.61 Å². The van der Waals surface area contributed by atoms with Gasteiger partial charge in [0.1, 0.15) is 17.8 Å². The van der Waals surface area contributed by atoms with Crippen LogP contribution in [0.1, 0.15) is 18.9 Å². The highest BCUT2D eigenvalue weighted by Crippen LogP contribution is 2.23. The first-order valence-corrected chi connectivity index (χ1v) is 4.66. The zero-order chi connectivity index (χ0) is 10.4. The maximum Gasteiger partial charge on any atom is 0.124 e. The van der Waals surface area contributed by atoms with E-state index in [4.69, 9.17) is 4.74 Å². The molecule has 1 rings (SSSR count). The van der Waals surface area contributed by atoms with Gasteiger partial charge in [0.15, 0.2) is 0 Å². The van der Waals surface area contributed by atoms with Crippen molar-refractivity contribution in [2.45, 2.75) is 19.8 Å². The lowest BCUT2D eigenvalue weighted by molar-refractivity contribution is -0.107. The summed E-state index contributed by atoms with van der Waals surface area (Å²) in [5, 5.41) is 9.38. The molecule has 0 amide bonds. The molecule has 0 saturated carbocycles. The Bertz CT molecular complexity index is 307. The van der Waals surface area contributed by atoms with Gasteiger partial charge in [-0.1, -0.05) is 6.92 Å². The molecule has 0 spiro atoms. The van der Waals surface area contributed by atoms with Crippen LogP contribution in [0.2, 0.25) is 0 Å². The Labute approximate surface area is 83.3 Å². The maximum atomic E-state index is 10.3. The van der Waals surface area contributed by atoms with E-state index in [1.165, 1.54) is 0 Å². The quantitative estimate of drug-likeness (QED) is 0.728. The summed E-state index contributed by atoms with van der Waals surface area (Å²) in [6.45, 7) is 2.66. The average molecular weight is 194 g/mol. The lowest BCUT2D eigenvalue weighted by atomic mass is 10.1. The zero-order valence-corrected chi connectivity index (χ0v) is 8.19. The Morgan fingerprint density at radius 3 is 2.93 bits per heavy atom. The van der Waals surface area contributed by atoms with Gasteiger partial charge in [-0.05, 0) is 24.6 Å². The van der Waals surface area contributed by atoms with Gasteiger partial charge in [-0.3, -0.25) is 0 Å². The van der Waals surface area contributed by atoms with Crippen LogP contribution in [-0.4, -0.2) is 18.0 Å². The second-order valence-electron chi connectivity index (χ2n) is 3.01. The van der Waals surface area contributed by atoms with E-state index in [1.54, 1.807) is 18.2 Å². The number of carbonyl (C=O) groups excluding carboxylic acids is 1. The van der Waals surface area contributed by atoms with Gasteiger partial charge in [0.25, 0.3) is 0 Å². The number of phenols is 1. The number of benzene rings is 1. The molecule has 76 valence electrons. The van der Waals surface area contributed by atoms with Crippen LogP contribution in [-0.2, 0) is 11.2 Å². The van der Waals surface area contributed by atoms with Crippen molar-refractivity contribution in [1.29, 1.82) is 0 Å². The minimum atomic E-state index is 0.140. The molecular weight excluding hydrogens is 180 g/mol. The van der Waals surface area contributed by atoms with Crippen molar-refractivity contribution in [2.75, 3.05) is 6.61 Å². The molecule has 1 aromatic carbocycles. The summed E-state index contributed by atoms with van der Waals surface area (Å²) in [5.41, 5.74) is 0.605. The van der Waals surface area contributed by atoms with Gasteiger partial charge >= 0.3 is 0 Å². The number of aromatic hydroxyl groups is 1. The molecule has 3 heteroatoms. The molecule has 0 unspecified atom stereocenters. The summed E-state index contributed by atoms with van der Waals surface area (Å²) in [6.07, 6.45) is 1.91. The summed E-state index contributed by atoms with van der Waals surface area (Å²) in [6, 6.07) is 4.93. The lowest BCUT2D eigenvalue weighted by Gasteiger charge is -2.06. The summed E-state index contributed by atoms with van der Waals surface area (Å²) >= 11 is 0. The molecule has 0 atom stereocenters. The van der Waals surface area contributed by atoms with Crippen LogP contribution in [0.25, 0.3) is 0 Å². The molecular formula is C11H14O3. The van der Waals surface area contributed by atoms with E-state index >= 15 is 0 Å². The molecule has 0 aliphatic rings. The van der Waals surface area contributed by atoms with Crippen LogP contribution in [0.5, 0.6) is 11.5 Å². The normalized spacial score (nSPS) is 9.79. The minimum Gasteiger partial charge on any atom is -0.508 e. The Kier molecular flexibility index (Phi) is 3.98. The van der Waals surface area contributed by atoms with Gasteiger partial charge in [0.2, 0.25) is 0 Å². The van der Waals surface area contributed by atoms with E-state index in [-0.39, 0.29) is 12.2 Å². The van der Waals surface area contributed by atoms with Gasteiger partial charge in [0, 0.05) is 12.0 Å². The molecule has 0 radical (unpaired) electrons. The zero-order valence-electron chi connectivity index (χ0n) is 8.19. The van der Waals surface area contributed by atoms with E-state index in [2.05, 4.69) is 0 Å². The second-order valence-corrected chi connectivity index (χ2v) is 3.01. The largest absolute Gasteiger partial charge is 0.508 e. The number of hydrogen-bond acceptors (Lipinski definition) is 3. The highest BCUT2D eigenvalue weighted by molar-refractivity contribution is 5.58. The molecule has 0 heterocycles. The molecule has 0 saturated heterocycles. The van der Waals surface area contributed by atoms with Crippen LogP contribution >= 0.6 is 0 Å². The number of hydrogen-bond donors (Lipinski definition) is 1. The molecule has 0 aliphatic carbocycles. The molecule has 1 N–H and O–H groups in total. The number of rotatable bonds is 5. The fraction of sp³-hybridized carbons (Fsp3) is 0.364. The van der Waals surface area contributed by atoms with Crippen molar-refractivity contribution in [3.63, 3.8) is 0 Å². The first-order valence-electron chi connectivity index (χ1n) is 4.66. The van der Waals surface area contributed by atoms with Crippen LogP contribution in [0.4, 0.5) is 0 Å². The van der Waals surface area contributed by atoms with Crippen LogP contribution in [0, 0.1) is 0 Å². The smallest absolute Gasteiger partial charge is 0.124 e. The summed E-state index contributed by atoms with van der Waals surface area (Å²) in [7, 11) is 0. The van der Waals surface area contributed by atoms with Gasteiger partial charge in [-0.25, -0.2) is 0 Å². The number of aldehydes is 1. The van der Waals surface area contributed by atoms with Gasteiger partial charge in [-0.2, -0.15) is 0 Å². The molecule has 0 bridgehead atoms. The summed E-state index contributed by atoms with van der Waals surface area (Å²) in [4.78, 5) is 10.3. The number of carbonyl (C=O) groups is 1. The standard InChI is InChI=1S/C11H14O3/c1-2-7-14-10-3-4-11(13)9(8-10)5-6-12/h3-4,6,8,13H,2,5,7H2,1H3. The van der Waals surface area contributed by atoms with E-state index in [0.29, 0.717) is 17.9 Å². The Morgan fingerprint density at radius 2 is 2.29 bits per heavy atom. The third kappa shape index (κ3) is 2.76. The highest BCUT2D eigenvalue weighted by Gasteiger charge is 2.02. The van der Waals surface area contributed by atoms with Gasteiger partial charge in [-0.15, -0.1) is 0 Å². The number of phenolic OH excluding ortho intramolecular Hbond substituents is 1. The van der Waals surface area contributed by atoms with E-state index in [9.17, 15) is 9.90 Å². The Morgan fingerprint density at radius 1 is 1.50 bits per heavy atom. The Hall–Kier alpha value is -1.51. The summed E-state index contributed by atoms with van der Waals surface area (Å²) < 4.78 is 5.37.